The minimum Gasteiger partial charge on any atom is -0.490 e. The van der Waals surface area contributed by atoms with E-state index < -0.39 is 0 Å². The van der Waals surface area contributed by atoms with Crippen molar-refractivity contribution in [2.75, 3.05) is 13.7 Å². The van der Waals surface area contributed by atoms with Gasteiger partial charge in [0.15, 0.2) is 0 Å². The van der Waals surface area contributed by atoms with E-state index in [2.05, 4.69) is 26.0 Å². The first-order chi connectivity index (χ1) is 8.11. The molecule has 1 aliphatic heterocycles. The molecule has 0 saturated heterocycles. The molecule has 1 aromatic carbocycles. The molecule has 0 fully saturated rings. The molecule has 1 aliphatic rings. The predicted octanol–water partition coefficient (Wildman–Crippen LogP) is 2.43. The first-order valence-electron chi connectivity index (χ1n) is 6.13. The van der Waals surface area contributed by atoms with Crippen molar-refractivity contribution in [3.63, 3.8) is 0 Å². The van der Waals surface area contributed by atoms with Gasteiger partial charge in [0.1, 0.15) is 11.9 Å². The van der Waals surface area contributed by atoms with E-state index in [1.54, 1.807) is 7.11 Å². The van der Waals surface area contributed by atoms with Crippen molar-refractivity contribution >= 4 is 0 Å². The van der Waals surface area contributed by atoms with Gasteiger partial charge in [0.2, 0.25) is 0 Å². The van der Waals surface area contributed by atoms with Crippen molar-refractivity contribution in [2.45, 2.75) is 32.4 Å². The summed E-state index contributed by atoms with van der Waals surface area (Å²) in [6, 6.07) is 6.28. The summed E-state index contributed by atoms with van der Waals surface area (Å²) in [7, 11) is 1.72. The van der Waals surface area contributed by atoms with Gasteiger partial charge in [-0.15, -0.1) is 0 Å². The minimum atomic E-state index is 0.0722. The third-order valence-electron chi connectivity index (χ3n) is 3.39. The molecular weight excluding hydrogens is 214 g/mol. The van der Waals surface area contributed by atoms with E-state index >= 15 is 0 Å². The maximum atomic E-state index is 6.22. The lowest BCUT2D eigenvalue weighted by molar-refractivity contribution is 0.0538. The Morgan fingerprint density at radius 3 is 3.00 bits per heavy atom. The number of hydrogen-bond donors (Lipinski definition) is 1. The molecule has 2 unspecified atom stereocenters. The molecule has 17 heavy (non-hydrogen) atoms. The lowest BCUT2D eigenvalue weighted by Gasteiger charge is -2.33. The van der Waals surface area contributed by atoms with Gasteiger partial charge in [0.05, 0.1) is 6.61 Å². The molecule has 2 N–H and O–H groups in total. The molecule has 0 bridgehead atoms. The van der Waals surface area contributed by atoms with Crippen molar-refractivity contribution in [3.8, 4) is 5.75 Å². The van der Waals surface area contributed by atoms with E-state index in [0.717, 1.165) is 17.7 Å². The van der Waals surface area contributed by atoms with E-state index in [0.29, 0.717) is 12.5 Å². The summed E-state index contributed by atoms with van der Waals surface area (Å²) < 4.78 is 11.2. The molecule has 1 heterocycles. The van der Waals surface area contributed by atoms with Crippen LogP contribution in [0.5, 0.6) is 5.75 Å². The van der Waals surface area contributed by atoms with E-state index in [1.165, 1.54) is 5.56 Å². The summed E-state index contributed by atoms with van der Waals surface area (Å²) in [5.74, 6) is 1.29. The first kappa shape index (κ1) is 12.4. The summed E-state index contributed by atoms with van der Waals surface area (Å²) in [6.07, 6.45) is 1.02. The highest BCUT2D eigenvalue weighted by Crippen LogP contribution is 2.36. The van der Waals surface area contributed by atoms with Crippen LogP contribution in [0.25, 0.3) is 0 Å². The molecule has 0 aromatic heterocycles. The number of rotatable bonds is 3. The Labute approximate surface area is 103 Å². The van der Waals surface area contributed by atoms with Gasteiger partial charge in [-0.3, -0.25) is 0 Å². The molecule has 0 radical (unpaired) electrons. The largest absolute Gasteiger partial charge is 0.490 e. The predicted molar refractivity (Wildman–Crippen MR) is 68.2 cm³/mol. The van der Waals surface area contributed by atoms with Crippen LogP contribution in [0.1, 0.15) is 30.5 Å². The zero-order chi connectivity index (χ0) is 12.4. The average molecular weight is 235 g/mol. The highest BCUT2D eigenvalue weighted by atomic mass is 16.5. The lowest BCUT2D eigenvalue weighted by atomic mass is 9.91. The average Bonchev–Trinajstić information content (AvgIpc) is 2.30. The smallest absolute Gasteiger partial charge is 0.124 e. The Morgan fingerprint density at radius 2 is 2.29 bits per heavy atom. The van der Waals surface area contributed by atoms with Gasteiger partial charge in [-0.05, 0) is 13.0 Å². The Balaban J connectivity index is 2.18. The first-order valence-corrected chi connectivity index (χ1v) is 6.13. The van der Waals surface area contributed by atoms with Gasteiger partial charge in [0.25, 0.3) is 0 Å². The van der Waals surface area contributed by atoms with Crippen molar-refractivity contribution < 1.29 is 9.47 Å². The Morgan fingerprint density at radius 1 is 1.53 bits per heavy atom. The molecule has 0 spiro atoms. The number of fused-ring (bicyclic) bond motifs is 1. The third kappa shape index (κ3) is 2.61. The van der Waals surface area contributed by atoms with Crippen molar-refractivity contribution in [3.05, 3.63) is 29.3 Å². The fourth-order valence-electron chi connectivity index (χ4n) is 2.37. The standard InChI is InChI=1S/C14H21NO2/c1-9-4-5-13-11(6-9)12(15)7-14(17-13)10(2)8-16-3/h4-6,10,12,14H,7-8,15H2,1-3H3/t10?,12-,14?/m0/s1. The maximum absolute atomic E-state index is 6.22. The third-order valence-corrected chi connectivity index (χ3v) is 3.39. The van der Waals surface area contributed by atoms with Gasteiger partial charge < -0.3 is 15.2 Å². The Bertz CT molecular complexity index is 392. The van der Waals surface area contributed by atoms with Crippen molar-refractivity contribution in [1.29, 1.82) is 0 Å². The summed E-state index contributed by atoms with van der Waals surface area (Å²) in [4.78, 5) is 0. The van der Waals surface area contributed by atoms with E-state index in [1.807, 2.05) is 6.07 Å². The van der Waals surface area contributed by atoms with Crippen molar-refractivity contribution in [2.24, 2.45) is 11.7 Å². The van der Waals surface area contributed by atoms with Crippen LogP contribution in [0, 0.1) is 12.8 Å². The van der Waals surface area contributed by atoms with Gasteiger partial charge in [-0.1, -0.05) is 24.6 Å². The van der Waals surface area contributed by atoms with Crippen LogP contribution in [-0.4, -0.2) is 19.8 Å². The number of benzene rings is 1. The lowest BCUT2D eigenvalue weighted by Crippen LogP contribution is -2.35. The van der Waals surface area contributed by atoms with E-state index in [4.69, 9.17) is 15.2 Å². The van der Waals surface area contributed by atoms with Gasteiger partial charge in [-0.25, -0.2) is 0 Å². The molecule has 3 nitrogen and oxygen atoms in total. The maximum Gasteiger partial charge on any atom is 0.124 e. The van der Waals surface area contributed by atoms with E-state index in [-0.39, 0.29) is 12.1 Å². The number of ether oxygens (including phenoxy) is 2. The van der Waals surface area contributed by atoms with E-state index in [9.17, 15) is 0 Å². The highest BCUT2D eigenvalue weighted by Gasteiger charge is 2.29. The molecule has 0 aliphatic carbocycles. The highest BCUT2D eigenvalue weighted by molar-refractivity contribution is 5.40. The summed E-state index contributed by atoms with van der Waals surface area (Å²) in [6.45, 7) is 4.92. The molecule has 94 valence electrons. The van der Waals surface area contributed by atoms with Crippen LogP contribution >= 0.6 is 0 Å². The second-order valence-corrected chi connectivity index (χ2v) is 4.97. The second kappa shape index (κ2) is 5.07. The van der Waals surface area contributed by atoms with Crippen LogP contribution in [0.15, 0.2) is 18.2 Å². The van der Waals surface area contributed by atoms with Crippen LogP contribution in [0.4, 0.5) is 0 Å². The monoisotopic (exact) mass is 235 g/mol. The van der Waals surface area contributed by atoms with Gasteiger partial charge >= 0.3 is 0 Å². The Kier molecular flexibility index (Phi) is 3.69. The van der Waals surface area contributed by atoms with Crippen molar-refractivity contribution in [1.82, 2.24) is 0 Å². The SMILES string of the molecule is COCC(C)C1C[C@H](N)c2cc(C)ccc2O1. The molecule has 1 aromatic rings. The molecule has 3 heteroatoms. The zero-order valence-corrected chi connectivity index (χ0v) is 10.8. The fourth-order valence-corrected chi connectivity index (χ4v) is 2.37. The molecule has 3 atom stereocenters. The zero-order valence-electron chi connectivity index (χ0n) is 10.8. The van der Waals surface area contributed by atoms with Crippen LogP contribution < -0.4 is 10.5 Å². The normalized spacial score (nSPS) is 24.9. The number of hydrogen-bond acceptors (Lipinski definition) is 3. The molecule has 2 rings (SSSR count). The summed E-state index contributed by atoms with van der Waals surface area (Å²) in [5.41, 5.74) is 8.58. The Hall–Kier alpha value is -1.06. The summed E-state index contributed by atoms with van der Waals surface area (Å²) >= 11 is 0. The van der Waals surface area contributed by atoms with Crippen LogP contribution in [0.3, 0.4) is 0 Å². The molecule has 0 saturated carbocycles. The van der Waals surface area contributed by atoms with Gasteiger partial charge in [-0.2, -0.15) is 0 Å². The fraction of sp³-hybridized carbons (Fsp3) is 0.571. The number of methoxy groups -OCH3 is 1. The molecule has 0 amide bonds. The van der Waals surface area contributed by atoms with Gasteiger partial charge in [0, 0.05) is 31.1 Å². The minimum absolute atomic E-state index is 0.0722. The van der Waals surface area contributed by atoms with Crippen LogP contribution in [0.2, 0.25) is 0 Å². The second-order valence-electron chi connectivity index (χ2n) is 4.97. The summed E-state index contributed by atoms with van der Waals surface area (Å²) in [5, 5.41) is 0. The molecular formula is C14H21NO2. The van der Waals surface area contributed by atoms with Crippen LogP contribution in [-0.2, 0) is 4.74 Å². The topological polar surface area (TPSA) is 44.5 Å². The number of aryl methyl sites for hydroxylation is 1. The number of nitrogens with two attached hydrogens (primary N) is 1. The quantitative estimate of drug-likeness (QED) is 0.875.